The molecule has 0 spiro atoms. The summed E-state index contributed by atoms with van der Waals surface area (Å²) >= 11 is 0. The lowest BCUT2D eigenvalue weighted by Crippen LogP contribution is -2.41. The number of carboxylic acids is 1. The molecule has 0 saturated heterocycles. The van der Waals surface area contributed by atoms with Gasteiger partial charge in [0, 0.05) is 24.7 Å². The number of carbonyl (C=O) groups excluding carboxylic acids is 1. The summed E-state index contributed by atoms with van der Waals surface area (Å²) in [6.45, 7) is -1.21. The number of fused-ring (bicyclic) bond motifs is 1. The van der Waals surface area contributed by atoms with E-state index in [1.54, 1.807) is 50.6 Å². The predicted octanol–water partition coefficient (Wildman–Crippen LogP) is 2.44. The molecule has 1 heterocycles. The van der Waals surface area contributed by atoms with Gasteiger partial charge in [0.05, 0.1) is 7.11 Å². The first-order valence-corrected chi connectivity index (χ1v) is 11.9. The highest BCUT2D eigenvalue weighted by atomic mass is 16.7. The molecule has 1 aliphatic carbocycles. The average molecular weight is 522 g/mol. The van der Waals surface area contributed by atoms with Crippen LogP contribution in [0.25, 0.3) is 0 Å². The van der Waals surface area contributed by atoms with Crippen LogP contribution in [0.3, 0.4) is 0 Å². The molecule has 0 bridgehead atoms. The minimum Gasteiger partial charge on any atom is -0.486 e. The fourth-order valence-corrected chi connectivity index (χ4v) is 3.98. The first kappa shape index (κ1) is 26.9. The van der Waals surface area contributed by atoms with Gasteiger partial charge in [-0.3, -0.25) is 0 Å². The van der Waals surface area contributed by atoms with Crippen LogP contribution < -0.4 is 25.2 Å². The number of pyridine rings is 1. The van der Waals surface area contributed by atoms with Crippen LogP contribution in [0, 0.1) is 0 Å². The minimum atomic E-state index is -1.25. The molecule has 4 rings (SSSR count). The standard InChI is InChI=1S/C26H27BN2O9/c1-28-38-27(35-16-26(32)34-15-25(30)31)17-9-11-18(12-10-17)36-22-14-13-20-19(22)5-3-6-21(20)37-24-8-4-7-23(29-24)33-2/h3-12,22,28H,13-16H2,1-2H3,(H,30,31)/t22-/m1/s1. The number of ether oxygens (including phenoxy) is 4. The highest BCUT2D eigenvalue weighted by Crippen LogP contribution is 2.40. The third kappa shape index (κ3) is 7.00. The van der Waals surface area contributed by atoms with Gasteiger partial charge in [-0.25, -0.2) is 15.1 Å². The maximum atomic E-state index is 11.7. The Balaban J connectivity index is 1.39. The van der Waals surface area contributed by atoms with E-state index in [2.05, 4.69) is 15.2 Å². The lowest BCUT2D eigenvalue weighted by Gasteiger charge is -2.17. The van der Waals surface area contributed by atoms with Gasteiger partial charge in [0.2, 0.25) is 11.8 Å². The van der Waals surface area contributed by atoms with Gasteiger partial charge in [-0.2, -0.15) is 4.98 Å². The van der Waals surface area contributed by atoms with Crippen LogP contribution in [-0.2, 0) is 30.2 Å². The van der Waals surface area contributed by atoms with Crippen molar-refractivity contribution in [3.05, 3.63) is 71.8 Å². The maximum absolute atomic E-state index is 11.7. The Hall–Kier alpha value is -4.13. The van der Waals surface area contributed by atoms with Gasteiger partial charge in [0.15, 0.2) is 6.61 Å². The molecule has 0 aliphatic heterocycles. The van der Waals surface area contributed by atoms with E-state index in [1.165, 1.54) is 0 Å². The zero-order chi connectivity index (χ0) is 26.9. The predicted molar refractivity (Wildman–Crippen MR) is 136 cm³/mol. The monoisotopic (exact) mass is 522 g/mol. The number of hydrogen-bond donors (Lipinski definition) is 2. The smallest absolute Gasteiger partial charge is 0.486 e. The summed E-state index contributed by atoms with van der Waals surface area (Å²) in [6.07, 6.45) is 1.43. The SMILES string of the molecule is CNOB(OCC(=O)OCC(=O)O)c1ccc(O[C@@H]2CCc3c(Oc4cccc(OC)n4)cccc32)cc1. The third-order valence-corrected chi connectivity index (χ3v) is 5.66. The summed E-state index contributed by atoms with van der Waals surface area (Å²) < 4.78 is 32.8. The van der Waals surface area contributed by atoms with Crippen molar-refractivity contribution in [1.29, 1.82) is 0 Å². The summed E-state index contributed by atoms with van der Waals surface area (Å²) in [5.41, 5.74) is 5.27. The zero-order valence-corrected chi connectivity index (χ0v) is 20.9. The average Bonchev–Trinajstić information content (AvgIpc) is 3.34. The first-order chi connectivity index (χ1) is 18.5. The van der Waals surface area contributed by atoms with E-state index in [4.69, 9.17) is 28.7 Å². The second-order valence-electron chi connectivity index (χ2n) is 8.18. The van der Waals surface area contributed by atoms with Crippen LogP contribution in [0.5, 0.6) is 23.3 Å². The van der Waals surface area contributed by atoms with Crippen molar-refractivity contribution in [2.45, 2.75) is 18.9 Å². The molecule has 1 aliphatic rings. The van der Waals surface area contributed by atoms with E-state index in [9.17, 15) is 9.59 Å². The van der Waals surface area contributed by atoms with Gasteiger partial charge in [-0.15, -0.1) is 0 Å². The van der Waals surface area contributed by atoms with Crippen LogP contribution in [-0.4, -0.2) is 56.5 Å². The van der Waals surface area contributed by atoms with Crippen LogP contribution in [0.15, 0.2) is 60.7 Å². The molecule has 2 aromatic carbocycles. The van der Waals surface area contributed by atoms with E-state index in [1.807, 2.05) is 24.3 Å². The highest BCUT2D eigenvalue weighted by molar-refractivity contribution is 6.61. The lowest BCUT2D eigenvalue weighted by molar-refractivity contribution is -0.156. The highest BCUT2D eigenvalue weighted by Gasteiger charge is 2.28. The fraction of sp³-hybridized carbons (Fsp3) is 0.269. The number of hydrogen-bond acceptors (Lipinski definition) is 10. The molecule has 38 heavy (non-hydrogen) atoms. The van der Waals surface area contributed by atoms with E-state index >= 15 is 0 Å². The van der Waals surface area contributed by atoms with E-state index in [0.29, 0.717) is 23.0 Å². The molecule has 0 radical (unpaired) electrons. The molecule has 12 heteroatoms. The van der Waals surface area contributed by atoms with E-state index in [-0.39, 0.29) is 6.10 Å². The van der Waals surface area contributed by atoms with E-state index < -0.39 is 32.3 Å². The molecule has 11 nitrogen and oxygen atoms in total. The Bertz CT molecular complexity index is 1260. The molecular weight excluding hydrogens is 495 g/mol. The number of hydroxylamine groups is 1. The Kier molecular flexibility index (Phi) is 9.14. The first-order valence-electron chi connectivity index (χ1n) is 11.9. The number of aliphatic carboxylic acids is 1. The Labute approximate surface area is 219 Å². The molecule has 3 aromatic rings. The number of benzene rings is 2. The van der Waals surface area contributed by atoms with Gasteiger partial charge in [-0.05, 0) is 42.1 Å². The minimum absolute atomic E-state index is 0.151. The number of nitrogens with zero attached hydrogens (tertiary/aromatic N) is 1. The van der Waals surface area contributed by atoms with Crippen molar-refractivity contribution in [1.82, 2.24) is 10.5 Å². The van der Waals surface area contributed by atoms with Gasteiger partial charge < -0.3 is 33.5 Å². The number of methoxy groups -OCH3 is 1. The number of rotatable bonds is 13. The van der Waals surface area contributed by atoms with Crippen molar-refractivity contribution in [3.8, 4) is 23.3 Å². The van der Waals surface area contributed by atoms with Gasteiger partial charge in [-0.1, -0.05) is 30.3 Å². The Morgan fingerprint density at radius 3 is 2.55 bits per heavy atom. The quantitative estimate of drug-likeness (QED) is 0.195. The second-order valence-corrected chi connectivity index (χ2v) is 8.18. The lowest BCUT2D eigenvalue weighted by atomic mass is 9.79. The number of nitrogens with one attached hydrogen (secondary N) is 1. The van der Waals surface area contributed by atoms with Gasteiger partial charge >= 0.3 is 19.1 Å². The molecular formula is C26H27BN2O9. The zero-order valence-electron chi connectivity index (χ0n) is 20.9. The molecule has 1 atom stereocenters. The molecule has 0 amide bonds. The van der Waals surface area contributed by atoms with Crippen molar-refractivity contribution in [3.63, 3.8) is 0 Å². The van der Waals surface area contributed by atoms with Crippen LogP contribution in [0.4, 0.5) is 0 Å². The number of carboxylic acid groups (broad SMARTS) is 1. The molecule has 0 fully saturated rings. The van der Waals surface area contributed by atoms with Gasteiger partial charge in [0.1, 0.15) is 24.2 Å². The number of esters is 1. The maximum Gasteiger partial charge on any atom is 0.511 e. The van der Waals surface area contributed by atoms with Crippen molar-refractivity contribution in [2.24, 2.45) is 0 Å². The Morgan fingerprint density at radius 1 is 1.05 bits per heavy atom. The number of aromatic nitrogens is 1. The molecule has 2 N–H and O–H groups in total. The summed E-state index contributed by atoms with van der Waals surface area (Å²) in [5.74, 6) is 0.244. The Morgan fingerprint density at radius 2 is 1.82 bits per heavy atom. The van der Waals surface area contributed by atoms with E-state index in [0.717, 1.165) is 29.7 Å². The summed E-state index contributed by atoms with van der Waals surface area (Å²) in [5, 5.41) is 8.60. The molecule has 0 unspecified atom stereocenters. The third-order valence-electron chi connectivity index (χ3n) is 5.66. The van der Waals surface area contributed by atoms with Crippen LogP contribution in [0.2, 0.25) is 0 Å². The van der Waals surface area contributed by atoms with Gasteiger partial charge in [0.25, 0.3) is 0 Å². The number of carbonyl (C=O) groups is 2. The van der Waals surface area contributed by atoms with Crippen molar-refractivity contribution in [2.75, 3.05) is 27.4 Å². The molecule has 0 saturated carbocycles. The topological polar surface area (TPSA) is 135 Å². The summed E-state index contributed by atoms with van der Waals surface area (Å²) in [6, 6.07) is 18.3. The van der Waals surface area contributed by atoms with Crippen molar-refractivity contribution < 1.29 is 43.1 Å². The summed E-state index contributed by atoms with van der Waals surface area (Å²) in [7, 11) is 2.18. The fourth-order valence-electron chi connectivity index (χ4n) is 3.98. The second kappa shape index (κ2) is 12.9. The molecule has 198 valence electrons. The van der Waals surface area contributed by atoms with Crippen molar-refractivity contribution >= 4 is 24.5 Å². The largest absolute Gasteiger partial charge is 0.511 e. The summed E-state index contributed by atoms with van der Waals surface area (Å²) in [4.78, 5) is 26.5. The van der Waals surface area contributed by atoms with Crippen LogP contribution >= 0.6 is 0 Å². The molecule has 1 aromatic heterocycles. The van der Waals surface area contributed by atoms with Crippen LogP contribution in [0.1, 0.15) is 23.7 Å². The normalized spacial score (nSPS) is 13.9.